The second kappa shape index (κ2) is 13.3. The molecule has 0 N–H and O–H groups in total. The van der Waals surface area contributed by atoms with Crippen LogP contribution in [0.3, 0.4) is 0 Å². The molecular weight excluding hydrogens is 763 g/mol. The van der Waals surface area contributed by atoms with Crippen LogP contribution in [-0.2, 0) is 0 Å². The maximum absolute atomic E-state index is 6.85. The molecule has 5 heteroatoms. The van der Waals surface area contributed by atoms with E-state index >= 15 is 0 Å². The number of hydrogen-bond acceptors (Lipinski definition) is 4. The van der Waals surface area contributed by atoms with E-state index in [4.69, 9.17) is 14.4 Å². The number of fused-ring (bicyclic) bond motifs is 13. The summed E-state index contributed by atoms with van der Waals surface area (Å²) in [5.41, 5.74) is 12.3. The molecule has 284 valence electrons. The van der Waals surface area contributed by atoms with Crippen molar-refractivity contribution in [3.05, 3.63) is 200 Å². The van der Waals surface area contributed by atoms with E-state index in [-0.39, 0.29) is 0 Å². The topological polar surface area (TPSA) is 43.9 Å². The van der Waals surface area contributed by atoms with Gasteiger partial charge in [0.15, 0.2) is 17.2 Å². The van der Waals surface area contributed by atoms with Crippen molar-refractivity contribution in [2.24, 2.45) is 0 Å². The van der Waals surface area contributed by atoms with E-state index in [0.29, 0.717) is 17.2 Å². The molecule has 0 bridgehead atoms. The van der Waals surface area contributed by atoms with E-state index in [0.717, 1.165) is 60.5 Å². The predicted molar refractivity (Wildman–Crippen MR) is 256 cm³/mol. The van der Waals surface area contributed by atoms with Crippen molar-refractivity contribution in [1.82, 2.24) is 14.5 Å². The van der Waals surface area contributed by atoms with Crippen LogP contribution < -0.4 is 0 Å². The first-order valence-electron chi connectivity index (χ1n) is 20.6. The van der Waals surface area contributed by atoms with Crippen LogP contribution in [-0.4, -0.2) is 14.5 Å². The van der Waals surface area contributed by atoms with Crippen LogP contribution in [0.4, 0.5) is 0 Å². The van der Waals surface area contributed by atoms with E-state index in [1.807, 2.05) is 29.5 Å². The van der Waals surface area contributed by atoms with Crippen molar-refractivity contribution in [3.63, 3.8) is 0 Å². The molecule has 9 aromatic carbocycles. The average molecular weight is 796 g/mol. The Bertz CT molecular complexity index is 3850. The molecule has 0 atom stereocenters. The Labute approximate surface area is 354 Å². The van der Waals surface area contributed by atoms with Crippen LogP contribution in [0.2, 0.25) is 0 Å². The second-order valence-corrected chi connectivity index (χ2v) is 16.7. The largest absolute Gasteiger partial charge is 0.450 e. The van der Waals surface area contributed by atoms with Crippen molar-refractivity contribution < 1.29 is 4.42 Å². The van der Waals surface area contributed by atoms with Gasteiger partial charge in [0, 0.05) is 52.7 Å². The summed E-state index contributed by atoms with van der Waals surface area (Å²) in [6, 6.07) is 71.3. The molecule has 13 rings (SSSR count). The molecule has 4 aromatic heterocycles. The summed E-state index contributed by atoms with van der Waals surface area (Å²) in [7, 11) is 0. The highest BCUT2D eigenvalue weighted by atomic mass is 32.1. The Morgan fingerprint density at radius 2 is 0.951 bits per heavy atom. The Hall–Kier alpha value is -7.86. The molecule has 61 heavy (non-hydrogen) atoms. The zero-order chi connectivity index (χ0) is 40.0. The van der Waals surface area contributed by atoms with E-state index in [1.165, 1.54) is 47.6 Å². The highest BCUT2D eigenvalue weighted by molar-refractivity contribution is 7.27. The lowest BCUT2D eigenvalue weighted by Gasteiger charge is -2.12. The fraction of sp³-hybridized carbons (Fsp3) is 0. The molecule has 0 fully saturated rings. The molecule has 0 saturated carbocycles. The van der Waals surface area contributed by atoms with Gasteiger partial charge in [0.05, 0.1) is 11.0 Å². The Balaban J connectivity index is 1.18. The first-order chi connectivity index (χ1) is 30.2. The summed E-state index contributed by atoms with van der Waals surface area (Å²) >= 11 is 1.88. The number of furan rings is 1. The normalized spacial score (nSPS) is 11.9. The summed E-state index contributed by atoms with van der Waals surface area (Å²) in [5.74, 6) is 1.35. The first-order valence-corrected chi connectivity index (χ1v) is 21.4. The smallest absolute Gasteiger partial charge is 0.197 e. The third kappa shape index (κ3) is 5.24. The summed E-state index contributed by atoms with van der Waals surface area (Å²) in [4.78, 5) is 10.9. The highest BCUT2D eigenvalue weighted by Gasteiger charge is 2.26. The van der Waals surface area contributed by atoms with Crippen LogP contribution in [0, 0.1) is 0 Å². The fourth-order valence-electron chi connectivity index (χ4n) is 9.36. The molecular formula is C56H33N3OS. The number of para-hydroxylation sites is 1. The number of rotatable bonds is 5. The first kappa shape index (κ1) is 34.0. The van der Waals surface area contributed by atoms with Crippen LogP contribution in [0.5, 0.6) is 0 Å². The summed E-state index contributed by atoms with van der Waals surface area (Å²) in [6.45, 7) is 0. The minimum atomic E-state index is 0.641. The number of hydrogen-bond donors (Lipinski definition) is 0. The van der Waals surface area contributed by atoms with Gasteiger partial charge >= 0.3 is 0 Å². The van der Waals surface area contributed by atoms with Crippen molar-refractivity contribution in [2.45, 2.75) is 0 Å². The molecule has 0 saturated heterocycles. The minimum absolute atomic E-state index is 0.641. The van der Waals surface area contributed by atoms with Gasteiger partial charge in [-0.15, -0.1) is 11.3 Å². The average Bonchev–Trinajstić information content (AvgIpc) is 4.02. The molecule has 0 unspecified atom stereocenters. The lowest BCUT2D eigenvalue weighted by Crippen LogP contribution is -2.02. The third-order valence-corrected chi connectivity index (χ3v) is 13.4. The number of thiophene rings is 1. The Morgan fingerprint density at radius 3 is 1.66 bits per heavy atom. The Kier molecular flexibility index (Phi) is 7.44. The van der Waals surface area contributed by atoms with Gasteiger partial charge in [0.1, 0.15) is 11.1 Å². The minimum Gasteiger partial charge on any atom is -0.450 e. The van der Waals surface area contributed by atoms with Crippen molar-refractivity contribution in [1.29, 1.82) is 0 Å². The van der Waals surface area contributed by atoms with Crippen LogP contribution in [0.1, 0.15) is 0 Å². The predicted octanol–water partition coefficient (Wildman–Crippen LogP) is 15.7. The zero-order valence-electron chi connectivity index (χ0n) is 32.7. The molecule has 0 spiro atoms. The molecule has 4 nitrogen and oxygen atoms in total. The summed E-state index contributed by atoms with van der Waals surface area (Å²) in [5, 5.41) is 8.21. The molecule has 0 aliphatic heterocycles. The number of nitrogens with zero attached hydrogens (tertiary/aromatic N) is 3. The van der Waals surface area contributed by atoms with Crippen LogP contribution in [0.15, 0.2) is 205 Å². The monoisotopic (exact) mass is 795 g/mol. The van der Waals surface area contributed by atoms with Gasteiger partial charge in [-0.25, -0.2) is 9.97 Å². The van der Waals surface area contributed by atoms with Gasteiger partial charge in [-0.2, -0.15) is 0 Å². The van der Waals surface area contributed by atoms with Gasteiger partial charge in [0.25, 0.3) is 0 Å². The van der Waals surface area contributed by atoms with Crippen molar-refractivity contribution in [3.8, 4) is 50.6 Å². The maximum atomic E-state index is 6.85. The standard InChI is InChI=1S/C56H33N3OS/c1-4-14-34(15-5-1)37-24-26-38(27-25-37)55-57-51-44-22-12-13-23-47(44)60-53(51)56(58-55)59-46-32-39(35-16-6-2-7-17-35)28-30-43(46)49-50-45-31-29-40(36-18-8-3-9-19-36)33-48(45)61-54(50)42-21-11-10-20-41(42)52(49)59/h1-33H. The van der Waals surface area contributed by atoms with Crippen LogP contribution in [0.25, 0.3) is 125 Å². The summed E-state index contributed by atoms with van der Waals surface area (Å²) < 4.78 is 11.8. The highest BCUT2D eigenvalue weighted by Crippen LogP contribution is 2.50. The van der Waals surface area contributed by atoms with E-state index in [9.17, 15) is 0 Å². The number of benzene rings is 9. The van der Waals surface area contributed by atoms with Gasteiger partial charge in [-0.1, -0.05) is 176 Å². The van der Waals surface area contributed by atoms with E-state index in [2.05, 4.69) is 187 Å². The van der Waals surface area contributed by atoms with Crippen molar-refractivity contribution in [2.75, 3.05) is 0 Å². The quantitative estimate of drug-likeness (QED) is 0.174. The molecule has 0 aliphatic carbocycles. The van der Waals surface area contributed by atoms with Gasteiger partial charge in [-0.3, -0.25) is 4.57 Å². The molecule has 0 aliphatic rings. The van der Waals surface area contributed by atoms with E-state index in [1.54, 1.807) is 0 Å². The van der Waals surface area contributed by atoms with Gasteiger partial charge in [0.2, 0.25) is 0 Å². The molecule has 4 heterocycles. The SMILES string of the molecule is c1ccc(-c2ccc(-c3nc(-n4c5cc(-c6ccccc6)ccc5c5c6c7ccc(-c8ccccc8)cc7sc6c6ccccc6c54)c4oc5ccccc5c4n3)cc2)cc1. The third-order valence-electron chi connectivity index (χ3n) is 12.2. The lowest BCUT2D eigenvalue weighted by molar-refractivity contribution is 0.662. The number of aromatic nitrogens is 3. The zero-order valence-corrected chi connectivity index (χ0v) is 33.5. The molecule has 0 radical (unpaired) electrons. The molecule has 13 aromatic rings. The van der Waals surface area contributed by atoms with Crippen molar-refractivity contribution >= 4 is 86.2 Å². The lowest BCUT2D eigenvalue weighted by atomic mass is 9.97. The van der Waals surface area contributed by atoms with Gasteiger partial charge in [-0.05, 0) is 57.6 Å². The summed E-state index contributed by atoms with van der Waals surface area (Å²) in [6.07, 6.45) is 0. The van der Waals surface area contributed by atoms with E-state index < -0.39 is 0 Å². The Morgan fingerprint density at radius 1 is 0.410 bits per heavy atom. The maximum Gasteiger partial charge on any atom is 0.197 e. The molecule has 0 amide bonds. The van der Waals surface area contributed by atoms with Crippen LogP contribution >= 0.6 is 11.3 Å². The van der Waals surface area contributed by atoms with Gasteiger partial charge < -0.3 is 4.42 Å². The fourth-order valence-corrected chi connectivity index (χ4v) is 10.6. The second-order valence-electron chi connectivity index (χ2n) is 15.7.